The zero-order valence-corrected chi connectivity index (χ0v) is 15.6. The van der Waals surface area contributed by atoms with Crippen LogP contribution in [0.25, 0.3) is 0 Å². The molecule has 3 rings (SSSR count). The highest BCUT2D eigenvalue weighted by Gasteiger charge is 2.40. The first-order chi connectivity index (χ1) is 12.0. The number of rotatable bonds is 5. The molecule has 1 amide bonds. The van der Waals surface area contributed by atoms with Gasteiger partial charge in [-0.2, -0.15) is 0 Å². The fraction of sp³-hybridized carbons (Fsp3) is 0.650. The van der Waals surface area contributed by atoms with Gasteiger partial charge in [-0.15, -0.1) is 0 Å². The second-order valence-electron chi connectivity index (χ2n) is 7.36. The van der Waals surface area contributed by atoms with E-state index >= 15 is 0 Å². The summed E-state index contributed by atoms with van der Waals surface area (Å²) in [4.78, 5) is 14.8. The van der Waals surface area contributed by atoms with E-state index in [1.165, 1.54) is 5.56 Å². The van der Waals surface area contributed by atoms with Gasteiger partial charge in [-0.3, -0.25) is 4.79 Å². The van der Waals surface area contributed by atoms with Crippen LogP contribution in [0.15, 0.2) is 18.2 Å². The van der Waals surface area contributed by atoms with Gasteiger partial charge in [0.2, 0.25) is 0 Å². The van der Waals surface area contributed by atoms with E-state index in [4.69, 9.17) is 9.47 Å². The van der Waals surface area contributed by atoms with Gasteiger partial charge in [0, 0.05) is 44.1 Å². The van der Waals surface area contributed by atoms with Crippen LogP contribution in [-0.2, 0) is 9.47 Å². The molecule has 0 aromatic heterocycles. The summed E-state index contributed by atoms with van der Waals surface area (Å²) in [5.41, 5.74) is 2.98. The molecule has 5 heteroatoms. The van der Waals surface area contributed by atoms with E-state index in [0.717, 1.165) is 56.7 Å². The number of aryl methyl sites for hydroxylation is 2. The SMILES string of the molecule is Cc1ccc(C(=O)NCCC(C)N2CCC3(CC2)OCCO3)c(C)c1. The van der Waals surface area contributed by atoms with Gasteiger partial charge < -0.3 is 19.7 Å². The minimum absolute atomic E-state index is 0.0232. The predicted octanol–water partition coefficient (Wildman–Crippen LogP) is 2.65. The lowest BCUT2D eigenvalue weighted by molar-refractivity contribution is -0.187. The molecule has 5 nitrogen and oxygen atoms in total. The molecular weight excluding hydrogens is 316 g/mol. The van der Waals surface area contributed by atoms with Crippen LogP contribution in [0.4, 0.5) is 0 Å². The van der Waals surface area contributed by atoms with E-state index in [1.54, 1.807) is 0 Å². The third kappa shape index (κ3) is 4.40. The second-order valence-corrected chi connectivity index (χ2v) is 7.36. The molecule has 0 radical (unpaired) electrons. The number of carbonyl (C=O) groups excluding carboxylic acids is 1. The highest BCUT2D eigenvalue weighted by molar-refractivity contribution is 5.95. The lowest BCUT2D eigenvalue weighted by Crippen LogP contribution is -2.48. The number of benzene rings is 1. The van der Waals surface area contributed by atoms with Gasteiger partial charge in [-0.05, 0) is 38.8 Å². The number of ether oxygens (including phenoxy) is 2. The van der Waals surface area contributed by atoms with Gasteiger partial charge in [0.25, 0.3) is 5.91 Å². The van der Waals surface area contributed by atoms with Crippen LogP contribution < -0.4 is 5.32 Å². The van der Waals surface area contributed by atoms with Crippen molar-refractivity contribution in [2.24, 2.45) is 0 Å². The topological polar surface area (TPSA) is 50.8 Å². The zero-order chi connectivity index (χ0) is 17.9. The summed E-state index contributed by atoms with van der Waals surface area (Å²) in [5.74, 6) is -0.289. The van der Waals surface area contributed by atoms with E-state index in [9.17, 15) is 4.79 Å². The van der Waals surface area contributed by atoms with Gasteiger partial charge in [0.05, 0.1) is 13.2 Å². The third-order valence-corrected chi connectivity index (χ3v) is 5.47. The summed E-state index contributed by atoms with van der Waals surface area (Å²) in [6.07, 6.45) is 2.82. The predicted molar refractivity (Wildman–Crippen MR) is 97.8 cm³/mol. The Morgan fingerprint density at radius 2 is 1.92 bits per heavy atom. The summed E-state index contributed by atoms with van der Waals surface area (Å²) in [6, 6.07) is 6.39. The monoisotopic (exact) mass is 346 g/mol. The average molecular weight is 346 g/mol. The fourth-order valence-electron chi connectivity index (χ4n) is 3.83. The van der Waals surface area contributed by atoms with E-state index in [1.807, 2.05) is 32.0 Å². The van der Waals surface area contributed by atoms with Crippen LogP contribution >= 0.6 is 0 Å². The lowest BCUT2D eigenvalue weighted by atomic mass is 10.0. The molecule has 1 atom stereocenters. The van der Waals surface area contributed by atoms with Gasteiger partial charge >= 0.3 is 0 Å². The molecule has 2 heterocycles. The maximum absolute atomic E-state index is 12.3. The van der Waals surface area contributed by atoms with Gasteiger partial charge in [-0.25, -0.2) is 0 Å². The van der Waals surface area contributed by atoms with Crippen LogP contribution in [0.3, 0.4) is 0 Å². The number of hydrogen-bond donors (Lipinski definition) is 1. The molecule has 25 heavy (non-hydrogen) atoms. The third-order valence-electron chi connectivity index (χ3n) is 5.47. The summed E-state index contributed by atoms with van der Waals surface area (Å²) in [7, 11) is 0. The van der Waals surface area contributed by atoms with Gasteiger partial charge in [-0.1, -0.05) is 17.7 Å². The number of carbonyl (C=O) groups is 1. The number of piperidine rings is 1. The Labute approximate surface area is 150 Å². The first-order valence-electron chi connectivity index (χ1n) is 9.36. The Morgan fingerprint density at radius 1 is 1.24 bits per heavy atom. The van der Waals surface area contributed by atoms with E-state index in [2.05, 4.69) is 17.1 Å². The number of amides is 1. The fourth-order valence-corrected chi connectivity index (χ4v) is 3.83. The van der Waals surface area contributed by atoms with Gasteiger partial charge in [0.15, 0.2) is 5.79 Å². The molecule has 1 unspecified atom stereocenters. The van der Waals surface area contributed by atoms with E-state index in [0.29, 0.717) is 12.6 Å². The molecule has 0 aliphatic carbocycles. The summed E-state index contributed by atoms with van der Waals surface area (Å²) in [5, 5.41) is 3.06. The number of hydrogen-bond acceptors (Lipinski definition) is 4. The van der Waals surface area contributed by atoms with Crippen LogP contribution in [0, 0.1) is 13.8 Å². The Bertz CT molecular complexity index is 601. The standard InChI is InChI=1S/C20H30N2O3/c1-15-4-5-18(16(2)14-15)19(23)21-9-6-17(3)22-10-7-20(8-11-22)24-12-13-25-20/h4-5,14,17H,6-13H2,1-3H3,(H,21,23). The molecule has 2 saturated heterocycles. The molecule has 138 valence electrons. The smallest absolute Gasteiger partial charge is 0.251 e. The number of likely N-dealkylation sites (tertiary alicyclic amines) is 1. The van der Waals surface area contributed by atoms with Gasteiger partial charge in [0.1, 0.15) is 0 Å². The molecule has 0 bridgehead atoms. The van der Waals surface area contributed by atoms with Crippen molar-refractivity contribution in [3.63, 3.8) is 0 Å². The minimum atomic E-state index is -0.312. The van der Waals surface area contributed by atoms with Crippen molar-refractivity contribution >= 4 is 5.91 Å². The van der Waals surface area contributed by atoms with Crippen molar-refractivity contribution in [1.29, 1.82) is 0 Å². The number of nitrogens with zero attached hydrogens (tertiary/aromatic N) is 1. The lowest BCUT2D eigenvalue weighted by Gasteiger charge is -2.40. The van der Waals surface area contributed by atoms with E-state index < -0.39 is 0 Å². The Morgan fingerprint density at radius 3 is 2.56 bits per heavy atom. The first-order valence-corrected chi connectivity index (χ1v) is 9.36. The molecule has 1 spiro atoms. The van der Waals surface area contributed by atoms with Crippen LogP contribution in [0.5, 0.6) is 0 Å². The Balaban J connectivity index is 1.42. The van der Waals surface area contributed by atoms with Crippen molar-refractivity contribution in [3.05, 3.63) is 34.9 Å². The van der Waals surface area contributed by atoms with Crippen molar-refractivity contribution < 1.29 is 14.3 Å². The molecule has 0 saturated carbocycles. The van der Waals surface area contributed by atoms with Crippen molar-refractivity contribution in [2.45, 2.75) is 51.9 Å². The van der Waals surface area contributed by atoms with E-state index in [-0.39, 0.29) is 11.7 Å². The van der Waals surface area contributed by atoms with Crippen molar-refractivity contribution in [2.75, 3.05) is 32.8 Å². The normalized spacial score (nSPS) is 21.4. The molecule has 2 aliphatic rings. The summed E-state index contributed by atoms with van der Waals surface area (Å²) in [6.45, 7) is 10.4. The summed E-state index contributed by atoms with van der Waals surface area (Å²) < 4.78 is 11.6. The molecule has 1 aromatic carbocycles. The molecule has 2 fully saturated rings. The highest BCUT2D eigenvalue weighted by atomic mass is 16.7. The molecule has 1 aromatic rings. The average Bonchev–Trinajstić information content (AvgIpc) is 3.03. The second kappa shape index (κ2) is 7.85. The highest BCUT2D eigenvalue weighted by Crippen LogP contribution is 2.32. The first kappa shape index (κ1) is 18.4. The molecule has 2 aliphatic heterocycles. The van der Waals surface area contributed by atoms with Crippen molar-refractivity contribution in [3.8, 4) is 0 Å². The maximum atomic E-state index is 12.3. The maximum Gasteiger partial charge on any atom is 0.251 e. The molecule has 1 N–H and O–H groups in total. The van der Waals surface area contributed by atoms with Crippen molar-refractivity contribution in [1.82, 2.24) is 10.2 Å². The largest absolute Gasteiger partial charge is 0.352 e. The van der Waals surface area contributed by atoms with Crippen LogP contribution in [0.2, 0.25) is 0 Å². The minimum Gasteiger partial charge on any atom is -0.352 e. The van der Waals surface area contributed by atoms with Crippen LogP contribution in [0.1, 0.15) is 47.7 Å². The Kier molecular flexibility index (Phi) is 5.77. The summed E-state index contributed by atoms with van der Waals surface area (Å²) >= 11 is 0. The Hall–Kier alpha value is -1.43. The zero-order valence-electron chi connectivity index (χ0n) is 15.6. The van der Waals surface area contributed by atoms with Crippen LogP contribution in [-0.4, -0.2) is 55.5 Å². The molecular formula is C20H30N2O3. The number of nitrogens with one attached hydrogen (secondary N) is 1. The quantitative estimate of drug-likeness (QED) is 0.890.